The Morgan fingerprint density at radius 2 is 2.12 bits per heavy atom. The van der Waals surface area contributed by atoms with Gasteiger partial charge >= 0.3 is 0 Å². The van der Waals surface area contributed by atoms with E-state index in [1.807, 2.05) is 13.0 Å². The van der Waals surface area contributed by atoms with E-state index < -0.39 is 10.1 Å². The van der Waals surface area contributed by atoms with Crippen LogP contribution in [0.3, 0.4) is 0 Å². The fraction of sp³-hybridized carbons (Fsp3) is 0.455. The normalized spacial score (nSPS) is 20.5. The predicted molar refractivity (Wildman–Crippen MR) is 58.7 cm³/mol. The number of rotatable bonds is 3. The summed E-state index contributed by atoms with van der Waals surface area (Å²) in [5.74, 6) is 0. The van der Waals surface area contributed by atoms with Crippen molar-refractivity contribution in [1.29, 1.82) is 0 Å². The molecule has 2 rings (SSSR count). The minimum Gasteiger partial charge on any atom is -0.373 e. The molecule has 0 aliphatic carbocycles. The monoisotopic (exact) mass is 242 g/mol. The molecule has 1 heterocycles. The molecule has 0 spiro atoms. The summed E-state index contributed by atoms with van der Waals surface area (Å²) in [6, 6.07) is 5.18. The van der Waals surface area contributed by atoms with Gasteiger partial charge in [-0.3, -0.25) is 4.18 Å². The van der Waals surface area contributed by atoms with Crippen LogP contribution in [0.4, 0.5) is 0 Å². The van der Waals surface area contributed by atoms with E-state index in [2.05, 4.69) is 4.18 Å². The van der Waals surface area contributed by atoms with Crippen LogP contribution in [-0.4, -0.2) is 22.1 Å². The van der Waals surface area contributed by atoms with Gasteiger partial charge in [-0.2, -0.15) is 8.42 Å². The van der Waals surface area contributed by atoms with Crippen LogP contribution in [0.2, 0.25) is 0 Å². The maximum atomic E-state index is 11.7. The van der Waals surface area contributed by atoms with Gasteiger partial charge in [0.25, 0.3) is 10.1 Å². The molecule has 4 nitrogen and oxygen atoms in total. The molecule has 0 aromatic heterocycles. The van der Waals surface area contributed by atoms with E-state index in [9.17, 15) is 8.42 Å². The van der Waals surface area contributed by atoms with E-state index in [-0.39, 0.29) is 11.0 Å². The first-order chi connectivity index (χ1) is 7.54. The van der Waals surface area contributed by atoms with Gasteiger partial charge in [0.2, 0.25) is 0 Å². The van der Waals surface area contributed by atoms with Crippen molar-refractivity contribution >= 4 is 10.1 Å². The lowest BCUT2D eigenvalue weighted by Gasteiger charge is -2.28. The van der Waals surface area contributed by atoms with Crippen molar-refractivity contribution in [3.8, 4) is 0 Å². The number of aryl methyl sites for hydroxylation is 1. The third-order valence-corrected chi connectivity index (χ3v) is 4.05. The van der Waals surface area contributed by atoms with Crippen molar-refractivity contribution in [3.63, 3.8) is 0 Å². The van der Waals surface area contributed by atoms with Crippen LogP contribution in [0.1, 0.15) is 23.7 Å². The zero-order valence-electron chi connectivity index (χ0n) is 9.26. The van der Waals surface area contributed by atoms with Crippen molar-refractivity contribution in [3.05, 3.63) is 29.3 Å². The van der Waals surface area contributed by atoms with Gasteiger partial charge in [-0.25, -0.2) is 0 Å². The van der Waals surface area contributed by atoms with Gasteiger partial charge in [0.1, 0.15) is 0 Å². The molecule has 1 saturated heterocycles. The van der Waals surface area contributed by atoms with Gasteiger partial charge in [-0.1, -0.05) is 17.7 Å². The fourth-order valence-corrected chi connectivity index (χ4v) is 2.61. The van der Waals surface area contributed by atoms with E-state index in [1.165, 1.54) is 7.11 Å². The maximum absolute atomic E-state index is 11.7. The highest BCUT2D eigenvalue weighted by atomic mass is 32.2. The summed E-state index contributed by atoms with van der Waals surface area (Å²) < 4.78 is 33.3. The molecule has 16 heavy (non-hydrogen) atoms. The molecule has 1 aromatic rings. The minimum absolute atomic E-state index is 0.111. The highest BCUT2D eigenvalue weighted by Gasteiger charge is 2.28. The SMILES string of the molecule is COS(=O)(=O)c1ccc(C)cc1C1CCO1. The van der Waals surface area contributed by atoms with Crippen molar-refractivity contribution in [2.45, 2.75) is 24.3 Å². The molecule has 0 N–H and O–H groups in total. The van der Waals surface area contributed by atoms with Crippen LogP contribution in [0.5, 0.6) is 0 Å². The molecule has 1 aliphatic heterocycles. The van der Waals surface area contributed by atoms with Crippen LogP contribution in [0.15, 0.2) is 23.1 Å². The molecule has 1 aromatic carbocycles. The molecular weight excluding hydrogens is 228 g/mol. The Balaban J connectivity index is 2.52. The summed E-state index contributed by atoms with van der Waals surface area (Å²) in [5.41, 5.74) is 1.72. The van der Waals surface area contributed by atoms with Gasteiger partial charge in [0, 0.05) is 12.0 Å². The molecular formula is C11H14O4S. The summed E-state index contributed by atoms with van der Waals surface area (Å²) in [4.78, 5) is 0.213. The van der Waals surface area contributed by atoms with Crippen molar-refractivity contribution in [2.24, 2.45) is 0 Å². The highest BCUT2D eigenvalue weighted by Crippen LogP contribution is 2.34. The van der Waals surface area contributed by atoms with E-state index in [0.29, 0.717) is 12.2 Å². The summed E-state index contributed by atoms with van der Waals surface area (Å²) >= 11 is 0. The van der Waals surface area contributed by atoms with E-state index in [1.54, 1.807) is 12.1 Å². The standard InChI is InChI=1S/C11H14O4S/c1-8-3-4-11(16(12,13)14-2)9(7-8)10-5-6-15-10/h3-4,7,10H,5-6H2,1-2H3. The topological polar surface area (TPSA) is 52.6 Å². The van der Waals surface area contributed by atoms with Crippen LogP contribution in [-0.2, 0) is 19.0 Å². The Morgan fingerprint density at radius 1 is 1.44 bits per heavy atom. The molecule has 0 saturated carbocycles. The van der Waals surface area contributed by atoms with Crippen LogP contribution in [0.25, 0.3) is 0 Å². The number of benzene rings is 1. The zero-order valence-corrected chi connectivity index (χ0v) is 10.1. The second kappa shape index (κ2) is 4.16. The average Bonchev–Trinajstić information content (AvgIpc) is 2.15. The predicted octanol–water partition coefficient (Wildman–Crippen LogP) is 1.79. The Bertz CT molecular complexity index is 489. The lowest BCUT2D eigenvalue weighted by molar-refractivity contribution is -0.0544. The average molecular weight is 242 g/mol. The molecule has 0 radical (unpaired) electrons. The van der Waals surface area contributed by atoms with E-state index >= 15 is 0 Å². The smallest absolute Gasteiger partial charge is 0.297 e. The van der Waals surface area contributed by atoms with Crippen LogP contribution < -0.4 is 0 Å². The largest absolute Gasteiger partial charge is 0.373 e. The fourth-order valence-electron chi connectivity index (χ4n) is 1.72. The molecule has 0 bridgehead atoms. The first kappa shape index (κ1) is 11.6. The van der Waals surface area contributed by atoms with Gasteiger partial charge in [0.05, 0.1) is 24.7 Å². The van der Waals surface area contributed by atoms with Crippen LogP contribution >= 0.6 is 0 Å². The lowest BCUT2D eigenvalue weighted by Crippen LogP contribution is -2.21. The summed E-state index contributed by atoms with van der Waals surface area (Å²) in [7, 11) is -2.48. The van der Waals surface area contributed by atoms with Gasteiger partial charge in [0.15, 0.2) is 0 Å². The first-order valence-corrected chi connectivity index (χ1v) is 6.48. The second-order valence-corrected chi connectivity index (χ2v) is 5.49. The quantitative estimate of drug-likeness (QED) is 0.758. The highest BCUT2D eigenvalue weighted by molar-refractivity contribution is 7.86. The second-order valence-electron chi connectivity index (χ2n) is 3.81. The number of ether oxygens (including phenoxy) is 1. The van der Waals surface area contributed by atoms with Gasteiger partial charge in [-0.05, 0) is 13.0 Å². The Kier molecular flexibility index (Phi) is 3.01. The summed E-state index contributed by atoms with van der Waals surface area (Å²) in [6.45, 7) is 2.61. The third-order valence-electron chi connectivity index (χ3n) is 2.70. The molecule has 1 unspecified atom stereocenters. The van der Waals surface area contributed by atoms with E-state index in [0.717, 1.165) is 12.0 Å². The Morgan fingerprint density at radius 3 is 2.62 bits per heavy atom. The molecule has 0 amide bonds. The Labute approximate surface area is 95.3 Å². The van der Waals surface area contributed by atoms with Gasteiger partial charge < -0.3 is 4.74 Å². The van der Waals surface area contributed by atoms with Gasteiger partial charge in [-0.15, -0.1) is 0 Å². The maximum Gasteiger partial charge on any atom is 0.297 e. The van der Waals surface area contributed by atoms with Crippen molar-refractivity contribution in [1.82, 2.24) is 0 Å². The van der Waals surface area contributed by atoms with Crippen LogP contribution in [0, 0.1) is 6.92 Å². The summed E-state index contributed by atoms with van der Waals surface area (Å²) in [6.07, 6.45) is 0.746. The Hall–Kier alpha value is -0.910. The number of hydrogen-bond donors (Lipinski definition) is 0. The molecule has 1 atom stereocenters. The molecule has 88 valence electrons. The lowest BCUT2D eigenvalue weighted by atomic mass is 10.0. The first-order valence-electron chi connectivity index (χ1n) is 5.07. The minimum atomic E-state index is -3.65. The molecule has 1 aliphatic rings. The molecule has 1 fully saturated rings. The van der Waals surface area contributed by atoms with E-state index in [4.69, 9.17) is 4.74 Å². The zero-order chi connectivity index (χ0) is 11.8. The van der Waals surface area contributed by atoms with Crippen molar-refractivity contribution < 1.29 is 17.3 Å². The molecule has 5 heteroatoms. The number of hydrogen-bond acceptors (Lipinski definition) is 4. The third kappa shape index (κ3) is 1.98. The summed E-state index contributed by atoms with van der Waals surface area (Å²) in [5, 5.41) is 0. The van der Waals surface area contributed by atoms with Crippen molar-refractivity contribution in [2.75, 3.05) is 13.7 Å².